The third-order valence-electron chi connectivity index (χ3n) is 3.19. The van der Waals surface area contributed by atoms with E-state index in [1.165, 1.54) is 25.3 Å². The molecule has 0 atom stereocenters. The maximum absolute atomic E-state index is 12.2. The molecule has 0 saturated carbocycles. The normalized spacial score (nSPS) is 10.7. The van der Waals surface area contributed by atoms with E-state index in [9.17, 15) is 20.2 Å². The Labute approximate surface area is 151 Å². The predicted molar refractivity (Wildman–Crippen MR) is 96.0 cm³/mol. The van der Waals surface area contributed by atoms with Crippen molar-refractivity contribution in [2.75, 3.05) is 12.4 Å². The molecule has 0 aromatic heterocycles. The Morgan fingerprint density at radius 1 is 1.32 bits per heavy atom. The molecule has 0 unspecified atom stereocenters. The first-order valence-electron chi connectivity index (χ1n) is 6.95. The van der Waals surface area contributed by atoms with Gasteiger partial charge in [0, 0.05) is 11.8 Å². The first-order valence-corrected chi connectivity index (χ1v) is 7.75. The Bertz CT molecular complexity index is 886. The largest absolute Gasteiger partial charge is 0.497 e. The van der Waals surface area contributed by atoms with Crippen molar-refractivity contribution < 1.29 is 14.5 Å². The Balaban J connectivity index is 2.24. The fourth-order valence-corrected chi connectivity index (χ4v) is 2.34. The molecule has 1 N–H and O–H groups in total. The molecule has 0 aliphatic carbocycles. The van der Waals surface area contributed by atoms with Crippen LogP contribution in [0.5, 0.6) is 5.75 Å². The number of hydrogen-bond donors (Lipinski definition) is 1. The number of anilines is 1. The smallest absolute Gasteiger partial charge is 0.284 e. The van der Waals surface area contributed by atoms with Crippen LogP contribution in [-0.4, -0.2) is 17.9 Å². The van der Waals surface area contributed by atoms with Crippen LogP contribution in [0.4, 0.5) is 11.4 Å². The van der Waals surface area contributed by atoms with E-state index in [1.807, 2.05) is 0 Å². The van der Waals surface area contributed by atoms with Crippen molar-refractivity contribution in [3.05, 3.63) is 68.2 Å². The van der Waals surface area contributed by atoms with Gasteiger partial charge in [-0.3, -0.25) is 14.9 Å². The van der Waals surface area contributed by atoms with Crippen LogP contribution in [0.2, 0.25) is 0 Å². The zero-order valence-corrected chi connectivity index (χ0v) is 14.6. The molecule has 0 aliphatic rings. The number of hydrogen-bond acceptors (Lipinski definition) is 5. The predicted octanol–water partition coefficient (Wildman–Crippen LogP) is 3.91. The first kappa shape index (κ1) is 18.2. The summed E-state index contributed by atoms with van der Waals surface area (Å²) >= 11 is 3.08. The van der Waals surface area contributed by atoms with E-state index in [4.69, 9.17) is 4.74 Å². The van der Waals surface area contributed by atoms with Crippen molar-refractivity contribution >= 4 is 39.3 Å². The number of carbonyl (C=O) groups excluding carboxylic acids is 1. The molecule has 0 fully saturated rings. The summed E-state index contributed by atoms with van der Waals surface area (Å²) < 4.78 is 5.34. The van der Waals surface area contributed by atoms with Gasteiger partial charge in [-0.15, -0.1) is 0 Å². The molecule has 0 radical (unpaired) electrons. The van der Waals surface area contributed by atoms with Crippen LogP contribution < -0.4 is 10.1 Å². The molecule has 2 rings (SSSR count). The van der Waals surface area contributed by atoms with E-state index in [1.54, 1.807) is 36.4 Å². The summed E-state index contributed by atoms with van der Waals surface area (Å²) in [5.74, 6) is 0.0226. The molecule has 0 saturated heterocycles. The fourth-order valence-electron chi connectivity index (χ4n) is 1.95. The lowest BCUT2D eigenvalue weighted by atomic mass is 10.1. The van der Waals surface area contributed by atoms with Crippen molar-refractivity contribution in [3.8, 4) is 11.8 Å². The van der Waals surface area contributed by atoms with E-state index >= 15 is 0 Å². The number of carbonyl (C=O) groups is 1. The van der Waals surface area contributed by atoms with Crippen LogP contribution in [0.25, 0.3) is 6.08 Å². The van der Waals surface area contributed by atoms with Gasteiger partial charge in [0.25, 0.3) is 11.6 Å². The Kier molecular flexibility index (Phi) is 5.87. The van der Waals surface area contributed by atoms with Gasteiger partial charge < -0.3 is 10.1 Å². The van der Waals surface area contributed by atoms with Gasteiger partial charge in [0.05, 0.1) is 16.5 Å². The maximum Gasteiger partial charge on any atom is 0.284 e. The Hall–Kier alpha value is -3.18. The minimum atomic E-state index is -0.613. The van der Waals surface area contributed by atoms with E-state index in [-0.39, 0.29) is 11.3 Å². The highest BCUT2D eigenvalue weighted by atomic mass is 79.9. The minimum absolute atomic E-state index is 0.151. The average molecular weight is 402 g/mol. The van der Waals surface area contributed by atoms with Crippen LogP contribution >= 0.6 is 15.9 Å². The molecule has 25 heavy (non-hydrogen) atoms. The maximum atomic E-state index is 12.2. The molecule has 0 bridgehead atoms. The molecule has 2 aromatic carbocycles. The number of ether oxygens (including phenoxy) is 1. The van der Waals surface area contributed by atoms with Crippen LogP contribution in [0.1, 0.15) is 5.56 Å². The fraction of sp³-hybridized carbons (Fsp3) is 0.0588. The summed E-state index contributed by atoms with van der Waals surface area (Å²) in [6.45, 7) is 0. The standard InChI is InChI=1S/C17H12BrN3O4/c1-25-14-5-3-13(4-6-14)20-17(22)12(10-19)8-11-2-7-15(18)16(9-11)21(23)24/h2-9H,1H3,(H,20,22)/b12-8+. The number of methoxy groups -OCH3 is 1. The van der Waals surface area contributed by atoms with Gasteiger partial charge >= 0.3 is 0 Å². The number of rotatable bonds is 5. The molecule has 2 aromatic rings. The summed E-state index contributed by atoms with van der Waals surface area (Å²) in [5, 5.41) is 22.8. The summed E-state index contributed by atoms with van der Waals surface area (Å²) in [4.78, 5) is 22.6. The second-order valence-corrected chi connectivity index (χ2v) is 5.67. The monoisotopic (exact) mass is 401 g/mol. The topological polar surface area (TPSA) is 105 Å². The van der Waals surface area contributed by atoms with Gasteiger partial charge in [-0.05, 0) is 57.9 Å². The van der Waals surface area contributed by atoms with Crippen molar-refractivity contribution in [2.45, 2.75) is 0 Å². The summed E-state index contributed by atoms with van der Waals surface area (Å²) in [5.41, 5.74) is 0.541. The van der Waals surface area contributed by atoms with Gasteiger partial charge in [-0.2, -0.15) is 5.26 Å². The third-order valence-corrected chi connectivity index (χ3v) is 3.86. The molecular weight excluding hydrogens is 390 g/mol. The molecule has 8 heteroatoms. The second-order valence-electron chi connectivity index (χ2n) is 4.82. The van der Waals surface area contributed by atoms with E-state index in [0.29, 0.717) is 21.5 Å². The molecule has 0 heterocycles. The number of nitro groups is 1. The quantitative estimate of drug-likeness (QED) is 0.353. The van der Waals surface area contributed by atoms with Gasteiger partial charge in [-0.25, -0.2) is 0 Å². The number of nitrogens with zero attached hydrogens (tertiary/aromatic N) is 2. The van der Waals surface area contributed by atoms with Gasteiger partial charge in [0.2, 0.25) is 0 Å². The Morgan fingerprint density at radius 3 is 2.56 bits per heavy atom. The molecule has 126 valence electrons. The summed E-state index contributed by atoms with van der Waals surface area (Å²) in [6, 6.07) is 12.7. The average Bonchev–Trinajstić information content (AvgIpc) is 2.61. The summed E-state index contributed by atoms with van der Waals surface area (Å²) in [7, 11) is 1.53. The minimum Gasteiger partial charge on any atom is -0.497 e. The van der Waals surface area contributed by atoms with Gasteiger partial charge in [0.15, 0.2) is 0 Å². The van der Waals surface area contributed by atoms with E-state index < -0.39 is 10.8 Å². The highest BCUT2D eigenvalue weighted by Gasteiger charge is 2.14. The van der Waals surface area contributed by atoms with E-state index in [0.717, 1.165) is 0 Å². The van der Waals surface area contributed by atoms with E-state index in [2.05, 4.69) is 21.2 Å². The number of nitro benzene ring substituents is 1. The highest BCUT2D eigenvalue weighted by molar-refractivity contribution is 9.10. The van der Waals surface area contributed by atoms with Crippen molar-refractivity contribution in [3.63, 3.8) is 0 Å². The number of amides is 1. The van der Waals surface area contributed by atoms with Crippen molar-refractivity contribution in [1.29, 1.82) is 5.26 Å². The number of nitrogens with one attached hydrogen (secondary N) is 1. The molecule has 0 spiro atoms. The Morgan fingerprint density at radius 2 is 2.00 bits per heavy atom. The number of nitriles is 1. The van der Waals surface area contributed by atoms with Crippen molar-refractivity contribution in [1.82, 2.24) is 0 Å². The first-order chi connectivity index (χ1) is 11.9. The number of halogens is 1. The molecular formula is C17H12BrN3O4. The van der Waals surface area contributed by atoms with Crippen molar-refractivity contribution in [2.24, 2.45) is 0 Å². The SMILES string of the molecule is COc1ccc(NC(=O)/C(C#N)=C/c2ccc(Br)c([N+](=O)[O-])c2)cc1. The van der Waals surface area contributed by atoms with Crippen LogP contribution in [-0.2, 0) is 4.79 Å². The lowest BCUT2D eigenvalue weighted by Gasteiger charge is -2.05. The third kappa shape index (κ3) is 4.65. The zero-order valence-electron chi connectivity index (χ0n) is 13.0. The highest BCUT2D eigenvalue weighted by Crippen LogP contribution is 2.26. The van der Waals surface area contributed by atoms with Crippen LogP contribution in [0.3, 0.4) is 0 Å². The molecule has 0 aliphatic heterocycles. The second kappa shape index (κ2) is 8.08. The van der Waals surface area contributed by atoms with Crippen LogP contribution in [0, 0.1) is 21.4 Å². The van der Waals surface area contributed by atoms with Gasteiger partial charge in [-0.1, -0.05) is 6.07 Å². The van der Waals surface area contributed by atoms with Gasteiger partial charge in [0.1, 0.15) is 17.4 Å². The lowest BCUT2D eigenvalue weighted by Crippen LogP contribution is -2.13. The van der Waals surface area contributed by atoms with Crippen LogP contribution in [0.15, 0.2) is 52.5 Å². The lowest BCUT2D eigenvalue weighted by molar-refractivity contribution is -0.385. The molecule has 1 amide bonds. The zero-order chi connectivity index (χ0) is 18.4. The molecule has 7 nitrogen and oxygen atoms in total. The summed E-state index contributed by atoms with van der Waals surface area (Å²) in [6.07, 6.45) is 1.29. The number of benzene rings is 2.